The lowest BCUT2D eigenvalue weighted by Gasteiger charge is -2.05. The maximum absolute atomic E-state index is 11.8. The summed E-state index contributed by atoms with van der Waals surface area (Å²) in [4.78, 5) is 19.5. The first kappa shape index (κ1) is 12.5. The summed E-state index contributed by atoms with van der Waals surface area (Å²) in [5.74, 6) is -0.0657. The van der Waals surface area contributed by atoms with E-state index in [1.807, 2.05) is 24.3 Å². The quantitative estimate of drug-likeness (QED) is 0.905. The molecule has 92 valence electrons. The van der Waals surface area contributed by atoms with Gasteiger partial charge in [-0.25, -0.2) is 4.98 Å². The van der Waals surface area contributed by atoms with E-state index >= 15 is 0 Å². The number of nitrogen functional groups attached to an aromatic ring is 1. The van der Waals surface area contributed by atoms with E-state index in [0.29, 0.717) is 6.54 Å². The number of halogens is 1. The molecule has 0 radical (unpaired) electrons. The highest BCUT2D eigenvalue weighted by Gasteiger charge is 2.07. The lowest BCUT2D eigenvalue weighted by Crippen LogP contribution is -2.24. The van der Waals surface area contributed by atoms with E-state index in [1.54, 1.807) is 0 Å². The van der Waals surface area contributed by atoms with E-state index in [9.17, 15) is 4.79 Å². The lowest BCUT2D eigenvalue weighted by molar-refractivity contribution is 0.0945. The van der Waals surface area contributed by atoms with Gasteiger partial charge in [0.15, 0.2) is 0 Å². The fraction of sp³-hybridized carbons (Fsp3) is 0.0833. The molecule has 0 aliphatic carbocycles. The molecule has 18 heavy (non-hydrogen) atoms. The number of nitrogens with zero attached hydrogens (tertiary/aromatic N) is 2. The van der Waals surface area contributed by atoms with Crippen LogP contribution in [-0.2, 0) is 6.54 Å². The molecule has 0 saturated heterocycles. The predicted molar refractivity (Wildman–Crippen MR) is 71.8 cm³/mol. The van der Waals surface area contributed by atoms with Crippen molar-refractivity contribution < 1.29 is 4.79 Å². The maximum Gasteiger partial charge on any atom is 0.271 e. The lowest BCUT2D eigenvalue weighted by atomic mass is 10.2. The Morgan fingerprint density at radius 2 is 2.00 bits per heavy atom. The van der Waals surface area contributed by atoms with Crippen LogP contribution in [0, 0.1) is 0 Å². The Morgan fingerprint density at radius 3 is 2.67 bits per heavy atom. The number of aromatic nitrogens is 2. The minimum atomic E-state index is -0.294. The van der Waals surface area contributed by atoms with E-state index in [-0.39, 0.29) is 17.4 Å². The first-order valence-electron chi connectivity index (χ1n) is 5.25. The number of anilines is 1. The second-order valence-corrected chi connectivity index (χ2v) is 4.55. The van der Waals surface area contributed by atoms with Crippen molar-refractivity contribution in [2.24, 2.45) is 0 Å². The summed E-state index contributed by atoms with van der Waals surface area (Å²) in [6.07, 6.45) is 2.78. The van der Waals surface area contributed by atoms with Crippen LogP contribution in [0.3, 0.4) is 0 Å². The highest BCUT2D eigenvalue weighted by molar-refractivity contribution is 9.10. The van der Waals surface area contributed by atoms with Gasteiger partial charge in [0.1, 0.15) is 11.5 Å². The molecule has 2 aromatic rings. The Hall–Kier alpha value is -1.95. The first-order chi connectivity index (χ1) is 8.65. The minimum Gasteiger partial charge on any atom is -0.382 e. The van der Waals surface area contributed by atoms with Crippen molar-refractivity contribution in [3.63, 3.8) is 0 Å². The van der Waals surface area contributed by atoms with Gasteiger partial charge in [0, 0.05) is 11.0 Å². The molecule has 1 aromatic heterocycles. The first-order valence-corrected chi connectivity index (χ1v) is 6.04. The average molecular weight is 307 g/mol. The van der Waals surface area contributed by atoms with Gasteiger partial charge in [0.25, 0.3) is 5.91 Å². The third-order valence-corrected chi connectivity index (χ3v) is 2.78. The number of rotatable bonds is 3. The van der Waals surface area contributed by atoms with Gasteiger partial charge in [0.05, 0.1) is 12.4 Å². The summed E-state index contributed by atoms with van der Waals surface area (Å²) < 4.78 is 0.999. The van der Waals surface area contributed by atoms with Crippen molar-refractivity contribution in [1.29, 1.82) is 0 Å². The number of benzene rings is 1. The highest BCUT2D eigenvalue weighted by atomic mass is 79.9. The molecule has 0 fully saturated rings. The number of nitrogens with two attached hydrogens (primary N) is 1. The Balaban J connectivity index is 1.98. The SMILES string of the molecule is Nc1cncc(C(=O)NCc2ccc(Br)cc2)n1. The van der Waals surface area contributed by atoms with Crippen LogP contribution in [-0.4, -0.2) is 15.9 Å². The summed E-state index contributed by atoms with van der Waals surface area (Å²) in [7, 11) is 0. The molecule has 0 bridgehead atoms. The standard InChI is InChI=1S/C12H11BrN4O/c13-9-3-1-8(2-4-9)5-16-12(18)10-6-15-7-11(14)17-10/h1-4,6-7H,5H2,(H2,14,17)(H,16,18). The normalized spacial score (nSPS) is 10.1. The number of hydrogen-bond donors (Lipinski definition) is 2. The number of amides is 1. The Morgan fingerprint density at radius 1 is 1.28 bits per heavy atom. The monoisotopic (exact) mass is 306 g/mol. The summed E-state index contributed by atoms with van der Waals surface area (Å²) in [5.41, 5.74) is 6.68. The molecule has 3 N–H and O–H groups in total. The molecule has 0 saturated carbocycles. The minimum absolute atomic E-state index is 0.215. The Bertz CT molecular complexity index is 556. The van der Waals surface area contributed by atoms with Crippen LogP contribution in [0.4, 0.5) is 5.82 Å². The molecule has 1 aromatic carbocycles. The average Bonchev–Trinajstić information content (AvgIpc) is 2.38. The molecule has 1 heterocycles. The number of nitrogens with one attached hydrogen (secondary N) is 1. The molecule has 2 rings (SSSR count). The summed E-state index contributed by atoms with van der Waals surface area (Å²) in [6.45, 7) is 0.433. The zero-order valence-corrected chi connectivity index (χ0v) is 11.0. The smallest absolute Gasteiger partial charge is 0.271 e. The predicted octanol–water partition coefficient (Wildman–Crippen LogP) is 1.75. The van der Waals surface area contributed by atoms with Crippen LogP contribution in [0.1, 0.15) is 16.1 Å². The molecular formula is C12H11BrN4O. The van der Waals surface area contributed by atoms with Crippen LogP contribution in [0.25, 0.3) is 0 Å². The molecule has 0 aliphatic rings. The van der Waals surface area contributed by atoms with Gasteiger partial charge in [-0.1, -0.05) is 28.1 Å². The van der Waals surface area contributed by atoms with Crippen LogP contribution in [0.15, 0.2) is 41.1 Å². The van der Waals surface area contributed by atoms with Crippen molar-refractivity contribution in [3.8, 4) is 0 Å². The van der Waals surface area contributed by atoms with Gasteiger partial charge < -0.3 is 11.1 Å². The molecule has 0 atom stereocenters. The van der Waals surface area contributed by atoms with Crippen molar-refractivity contribution >= 4 is 27.7 Å². The zero-order valence-electron chi connectivity index (χ0n) is 9.43. The molecule has 5 nitrogen and oxygen atoms in total. The van der Waals surface area contributed by atoms with Crippen molar-refractivity contribution in [1.82, 2.24) is 15.3 Å². The Labute approximate surface area is 113 Å². The van der Waals surface area contributed by atoms with E-state index in [2.05, 4.69) is 31.2 Å². The summed E-state index contributed by atoms with van der Waals surface area (Å²) in [5, 5.41) is 2.75. The number of carbonyl (C=O) groups excluding carboxylic acids is 1. The Kier molecular flexibility index (Phi) is 3.88. The van der Waals surface area contributed by atoms with Crippen LogP contribution in [0.2, 0.25) is 0 Å². The number of hydrogen-bond acceptors (Lipinski definition) is 4. The van der Waals surface area contributed by atoms with Gasteiger partial charge >= 0.3 is 0 Å². The topological polar surface area (TPSA) is 80.9 Å². The second-order valence-electron chi connectivity index (χ2n) is 3.64. The van der Waals surface area contributed by atoms with E-state index in [1.165, 1.54) is 12.4 Å². The van der Waals surface area contributed by atoms with E-state index in [4.69, 9.17) is 5.73 Å². The molecule has 0 aliphatic heterocycles. The third kappa shape index (κ3) is 3.27. The summed E-state index contributed by atoms with van der Waals surface area (Å²) >= 11 is 3.35. The second kappa shape index (κ2) is 5.59. The van der Waals surface area contributed by atoms with E-state index < -0.39 is 0 Å². The van der Waals surface area contributed by atoms with Crippen LogP contribution >= 0.6 is 15.9 Å². The molecular weight excluding hydrogens is 296 g/mol. The van der Waals surface area contributed by atoms with Gasteiger partial charge in [0.2, 0.25) is 0 Å². The van der Waals surface area contributed by atoms with Crippen molar-refractivity contribution in [2.75, 3.05) is 5.73 Å². The highest BCUT2D eigenvalue weighted by Crippen LogP contribution is 2.10. The van der Waals surface area contributed by atoms with Crippen molar-refractivity contribution in [2.45, 2.75) is 6.54 Å². The third-order valence-electron chi connectivity index (χ3n) is 2.25. The summed E-state index contributed by atoms with van der Waals surface area (Å²) in [6, 6.07) is 7.69. The molecule has 6 heteroatoms. The van der Waals surface area contributed by atoms with Crippen LogP contribution < -0.4 is 11.1 Å². The fourth-order valence-corrected chi connectivity index (χ4v) is 1.63. The van der Waals surface area contributed by atoms with Crippen LogP contribution in [0.5, 0.6) is 0 Å². The molecule has 0 spiro atoms. The van der Waals surface area contributed by atoms with Crippen molar-refractivity contribution in [3.05, 3.63) is 52.4 Å². The van der Waals surface area contributed by atoms with E-state index in [0.717, 1.165) is 10.0 Å². The van der Waals surface area contributed by atoms with Gasteiger partial charge in [-0.15, -0.1) is 0 Å². The van der Waals surface area contributed by atoms with Gasteiger partial charge in [-0.3, -0.25) is 9.78 Å². The zero-order chi connectivity index (χ0) is 13.0. The number of carbonyl (C=O) groups is 1. The maximum atomic E-state index is 11.8. The van der Waals surface area contributed by atoms with Gasteiger partial charge in [-0.2, -0.15) is 0 Å². The molecule has 1 amide bonds. The van der Waals surface area contributed by atoms with Gasteiger partial charge in [-0.05, 0) is 17.7 Å². The molecule has 0 unspecified atom stereocenters. The fourth-order valence-electron chi connectivity index (χ4n) is 1.37. The largest absolute Gasteiger partial charge is 0.382 e.